The average molecular weight is 260 g/mol. The molecule has 0 aliphatic heterocycles. The van der Waals surface area contributed by atoms with Crippen LogP contribution in [0.5, 0.6) is 5.75 Å². The number of methoxy groups -OCH3 is 1. The zero-order valence-electron chi connectivity index (χ0n) is 10.1. The van der Waals surface area contributed by atoms with Crippen molar-refractivity contribution in [3.63, 3.8) is 0 Å². The van der Waals surface area contributed by atoms with Crippen molar-refractivity contribution in [3.8, 4) is 17.0 Å². The third-order valence-corrected chi connectivity index (χ3v) is 2.89. The monoisotopic (exact) mass is 260 g/mol. The molecule has 3 rings (SSSR count). The van der Waals surface area contributed by atoms with Gasteiger partial charge in [0.1, 0.15) is 0 Å². The topological polar surface area (TPSA) is 26.5 Å². The molecule has 0 atom stereocenters. The third-order valence-electron chi connectivity index (χ3n) is 2.89. The summed E-state index contributed by atoms with van der Waals surface area (Å²) in [7, 11) is 1.53. The number of aromatic nitrogens is 2. The van der Waals surface area contributed by atoms with Gasteiger partial charge >= 0.3 is 0 Å². The molecule has 0 N–H and O–H groups in total. The summed E-state index contributed by atoms with van der Waals surface area (Å²) >= 11 is 0. The molecule has 0 saturated carbocycles. The molecule has 0 amide bonds. The van der Waals surface area contributed by atoms with E-state index >= 15 is 0 Å². The van der Waals surface area contributed by atoms with Crippen LogP contribution in [0.2, 0.25) is 0 Å². The smallest absolute Gasteiger partial charge is 0.180 e. The fourth-order valence-corrected chi connectivity index (χ4v) is 1.98. The van der Waals surface area contributed by atoms with Crippen molar-refractivity contribution in [2.75, 3.05) is 7.11 Å². The largest absolute Gasteiger partial charge is 0.493 e. The highest BCUT2D eigenvalue weighted by Crippen LogP contribution is 2.26. The van der Waals surface area contributed by atoms with Gasteiger partial charge in [0.2, 0.25) is 0 Å². The van der Waals surface area contributed by atoms with Crippen molar-refractivity contribution in [1.29, 1.82) is 0 Å². The van der Waals surface area contributed by atoms with Gasteiger partial charge < -0.3 is 9.14 Å². The van der Waals surface area contributed by atoms with Gasteiger partial charge in [-0.05, 0) is 24.3 Å². The van der Waals surface area contributed by atoms with E-state index in [1.807, 2.05) is 0 Å². The average Bonchev–Trinajstić information content (AvgIpc) is 2.85. The van der Waals surface area contributed by atoms with Crippen molar-refractivity contribution in [1.82, 2.24) is 9.38 Å². The predicted molar refractivity (Wildman–Crippen MR) is 67.1 cm³/mol. The van der Waals surface area contributed by atoms with Gasteiger partial charge in [0.05, 0.1) is 12.8 Å². The molecule has 2 heterocycles. The van der Waals surface area contributed by atoms with E-state index in [-0.39, 0.29) is 5.56 Å². The standard InChI is InChI=1S/C14H10F2N2O/c1-19-12-6-3-7-18-8-11(17-14(12)18)9-4-2-5-10(15)13(9)16/h2-8H,1H3. The van der Waals surface area contributed by atoms with Crippen molar-refractivity contribution in [3.05, 3.63) is 54.4 Å². The van der Waals surface area contributed by atoms with Gasteiger partial charge in [-0.2, -0.15) is 0 Å². The molecular weight excluding hydrogens is 250 g/mol. The normalized spacial score (nSPS) is 10.9. The van der Waals surface area contributed by atoms with Crippen LogP contribution in [-0.2, 0) is 0 Å². The van der Waals surface area contributed by atoms with Crippen LogP contribution in [0, 0.1) is 11.6 Å². The summed E-state index contributed by atoms with van der Waals surface area (Å²) in [4.78, 5) is 4.29. The van der Waals surface area contributed by atoms with Crippen LogP contribution in [0.1, 0.15) is 0 Å². The first kappa shape index (κ1) is 11.6. The lowest BCUT2D eigenvalue weighted by molar-refractivity contribution is 0.417. The van der Waals surface area contributed by atoms with Gasteiger partial charge in [-0.15, -0.1) is 0 Å². The second-order valence-corrected chi connectivity index (χ2v) is 4.03. The zero-order valence-corrected chi connectivity index (χ0v) is 10.1. The summed E-state index contributed by atoms with van der Waals surface area (Å²) in [6.45, 7) is 0. The second kappa shape index (κ2) is 4.35. The van der Waals surface area contributed by atoms with E-state index in [0.717, 1.165) is 6.07 Å². The highest BCUT2D eigenvalue weighted by atomic mass is 19.2. The van der Waals surface area contributed by atoms with E-state index in [2.05, 4.69) is 4.98 Å². The Hall–Kier alpha value is -2.43. The third kappa shape index (κ3) is 1.83. The Labute approximate surface area is 108 Å². The quantitative estimate of drug-likeness (QED) is 0.706. The molecule has 96 valence electrons. The van der Waals surface area contributed by atoms with E-state index in [0.29, 0.717) is 17.1 Å². The summed E-state index contributed by atoms with van der Waals surface area (Å²) < 4.78 is 33.9. The van der Waals surface area contributed by atoms with Gasteiger partial charge in [-0.25, -0.2) is 13.8 Å². The summed E-state index contributed by atoms with van der Waals surface area (Å²) in [6.07, 6.45) is 3.40. The Morgan fingerprint density at radius 2 is 2.00 bits per heavy atom. The lowest BCUT2D eigenvalue weighted by Gasteiger charge is -2.00. The van der Waals surface area contributed by atoms with Gasteiger partial charge in [-0.1, -0.05) is 6.07 Å². The van der Waals surface area contributed by atoms with E-state index in [1.54, 1.807) is 28.9 Å². The molecule has 19 heavy (non-hydrogen) atoms. The molecule has 0 aliphatic carbocycles. The van der Waals surface area contributed by atoms with Gasteiger partial charge in [0.15, 0.2) is 23.0 Å². The van der Waals surface area contributed by atoms with Crippen LogP contribution in [-0.4, -0.2) is 16.5 Å². The lowest BCUT2D eigenvalue weighted by Crippen LogP contribution is -1.89. The Morgan fingerprint density at radius 1 is 1.16 bits per heavy atom. The Bertz CT molecular complexity index is 752. The van der Waals surface area contributed by atoms with Crippen LogP contribution >= 0.6 is 0 Å². The number of hydrogen-bond acceptors (Lipinski definition) is 2. The molecule has 0 bridgehead atoms. The van der Waals surface area contributed by atoms with Crippen LogP contribution in [0.4, 0.5) is 8.78 Å². The molecule has 0 fully saturated rings. The maximum absolute atomic E-state index is 13.7. The van der Waals surface area contributed by atoms with Crippen molar-refractivity contribution in [2.45, 2.75) is 0 Å². The Balaban J connectivity index is 2.24. The van der Waals surface area contributed by atoms with Crippen molar-refractivity contribution < 1.29 is 13.5 Å². The number of nitrogens with zero attached hydrogens (tertiary/aromatic N) is 2. The summed E-state index contributed by atoms with van der Waals surface area (Å²) in [6, 6.07) is 7.57. The minimum absolute atomic E-state index is 0.130. The summed E-state index contributed by atoms with van der Waals surface area (Å²) in [5.41, 5.74) is 1.05. The van der Waals surface area contributed by atoms with Crippen LogP contribution in [0.15, 0.2) is 42.7 Å². The molecule has 0 saturated heterocycles. The second-order valence-electron chi connectivity index (χ2n) is 4.03. The lowest BCUT2D eigenvalue weighted by atomic mass is 10.1. The van der Waals surface area contributed by atoms with Crippen LogP contribution in [0.3, 0.4) is 0 Å². The highest BCUT2D eigenvalue weighted by Gasteiger charge is 2.14. The maximum atomic E-state index is 13.7. The molecule has 5 heteroatoms. The number of fused-ring (bicyclic) bond motifs is 1. The molecule has 0 aliphatic rings. The summed E-state index contributed by atoms with van der Waals surface area (Å²) in [5, 5.41) is 0. The van der Waals surface area contributed by atoms with E-state index in [4.69, 9.17) is 4.74 Å². The number of rotatable bonds is 2. The number of halogens is 2. The minimum atomic E-state index is -0.898. The molecule has 3 aromatic rings. The molecule has 0 radical (unpaired) electrons. The number of ether oxygens (including phenoxy) is 1. The minimum Gasteiger partial charge on any atom is -0.493 e. The maximum Gasteiger partial charge on any atom is 0.180 e. The zero-order chi connectivity index (χ0) is 13.4. The van der Waals surface area contributed by atoms with Gasteiger partial charge in [0.25, 0.3) is 0 Å². The van der Waals surface area contributed by atoms with Crippen molar-refractivity contribution in [2.24, 2.45) is 0 Å². The molecule has 2 aromatic heterocycles. The van der Waals surface area contributed by atoms with Crippen molar-refractivity contribution >= 4 is 5.65 Å². The molecule has 1 aromatic carbocycles. The first-order chi connectivity index (χ1) is 9.20. The van der Waals surface area contributed by atoms with Gasteiger partial charge in [0, 0.05) is 18.0 Å². The first-order valence-electron chi connectivity index (χ1n) is 5.67. The summed E-state index contributed by atoms with van der Waals surface area (Å²) in [5.74, 6) is -1.21. The number of pyridine rings is 1. The van der Waals surface area contributed by atoms with Crippen LogP contribution in [0.25, 0.3) is 16.9 Å². The Morgan fingerprint density at radius 3 is 2.79 bits per heavy atom. The fourth-order valence-electron chi connectivity index (χ4n) is 1.98. The van der Waals surface area contributed by atoms with Gasteiger partial charge in [-0.3, -0.25) is 0 Å². The molecule has 3 nitrogen and oxygen atoms in total. The Kier molecular flexibility index (Phi) is 2.67. The van der Waals surface area contributed by atoms with E-state index < -0.39 is 11.6 Å². The predicted octanol–water partition coefficient (Wildman–Crippen LogP) is 3.29. The first-order valence-corrected chi connectivity index (χ1v) is 5.67. The number of imidazole rings is 1. The van der Waals surface area contributed by atoms with E-state index in [1.165, 1.54) is 19.2 Å². The molecule has 0 unspecified atom stereocenters. The number of hydrogen-bond donors (Lipinski definition) is 0. The fraction of sp³-hybridized carbons (Fsp3) is 0.0714. The number of benzene rings is 1. The highest BCUT2D eigenvalue weighted by molar-refractivity contribution is 5.66. The molecular formula is C14H10F2N2O. The SMILES string of the molecule is COc1cccn2cc(-c3cccc(F)c3F)nc12. The van der Waals surface area contributed by atoms with Crippen LogP contribution < -0.4 is 4.74 Å². The van der Waals surface area contributed by atoms with E-state index in [9.17, 15) is 8.78 Å². The molecule has 0 spiro atoms.